The summed E-state index contributed by atoms with van der Waals surface area (Å²) >= 11 is 1.35. The minimum absolute atomic E-state index is 0.139. The molecule has 1 aromatic carbocycles. The third kappa shape index (κ3) is 2.95. The quantitative estimate of drug-likeness (QED) is 0.692. The normalized spacial score (nSPS) is 10.5. The molecule has 5 nitrogen and oxygen atoms in total. The molecule has 2 heterocycles. The molecular formula is C15H14N4OS. The van der Waals surface area contributed by atoms with Crippen LogP contribution in [0.15, 0.2) is 48.0 Å². The molecule has 0 saturated carbocycles. The van der Waals surface area contributed by atoms with Crippen LogP contribution >= 0.6 is 11.3 Å². The van der Waals surface area contributed by atoms with Gasteiger partial charge in [-0.25, -0.2) is 0 Å². The van der Waals surface area contributed by atoms with Gasteiger partial charge in [0.25, 0.3) is 5.91 Å². The number of nitrogens with one attached hydrogen (secondary N) is 2. The number of nitrogens with zero attached hydrogens (tertiary/aromatic N) is 1. The number of hydrogen-bond acceptors (Lipinski definition) is 4. The van der Waals surface area contributed by atoms with E-state index in [1.807, 2.05) is 35.7 Å². The molecule has 6 heteroatoms. The largest absolute Gasteiger partial charge is 0.397 e. The second-order valence-electron chi connectivity index (χ2n) is 4.55. The lowest BCUT2D eigenvalue weighted by Crippen LogP contribution is -2.22. The van der Waals surface area contributed by atoms with Gasteiger partial charge in [0.05, 0.1) is 11.4 Å². The van der Waals surface area contributed by atoms with Gasteiger partial charge in [0, 0.05) is 12.7 Å². The molecule has 0 radical (unpaired) electrons. The second-order valence-corrected chi connectivity index (χ2v) is 5.47. The number of anilines is 1. The highest BCUT2D eigenvalue weighted by atomic mass is 32.1. The number of aromatic nitrogens is 2. The predicted molar refractivity (Wildman–Crippen MR) is 83.9 cm³/mol. The van der Waals surface area contributed by atoms with Crippen molar-refractivity contribution in [3.63, 3.8) is 0 Å². The Balaban J connectivity index is 1.64. The molecule has 0 atom stereocenters. The average molecular weight is 298 g/mol. The summed E-state index contributed by atoms with van der Waals surface area (Å²) in [5, 5.41) is 11.5. The number of thiophene rings is 1. The highest BCUT2D eigenvalue weighted by molar-refractivity contribution is 7.12. The lowest BCUT2D eigenvalue weighted by molar-refractivity contribution is 0.0956. The average Bonchev–Trinajstić information content (AvgIpc) is 3.16. The molecule has 2 aromatic heterocycles. The number of H-pyrrole nitrogens is 1. The van der Waals surface area contributed by atoms with E-state index in [1.54, 1.807) is 12.3 Å². The van der Waals surface area contributed by atoms with Crippen LogP contribution in [0.4, 0.5) is 5.69 Å². The van der Waals surface area contributed by atoms with Crippen LogP contribution in [0.1, 0.15) is 15.2 Å². The maximum absolute atomic E-state index is 12.0. The van der Waals surface area contributed by atoms with Gasteiger partial charge in [0.1, 0.15) is 4.88 Å². The fraction of sp³-hybridized carbons (Fsp3) is 0.0667. The summed E-state index contributed by atoms with van der Waals surface area (Å²) < 4.78 is 0. The number of aromatic amines is 1. The Hall–Kier alpha value is -2.60. The molecule has 3 aromatic rings. The van der Waals surface area contributed by atoms with Crippen LogP contribution < -0.4 is 11.1 Å². The molecule has 0 bridgehead atoms. The van der Waals surface area contributed by atoms with Crippen molar-refractivity contribution in [1.29, 1.82) is 0 Å². The van der Waals surface area contributed by atoms with Gasteiger partial charge >= 0.3 is 0 Å². The first-order chi connectivity index (χ1) is 10.2. The number of rotatable bonds is 4. The monoisotopic (exact) mass is 298 g/mol. The molecule has 21 heavy (non-hydrogen) atoms. The molecule has 0 aliphatic heterocycles. The van der Waals surface area contributed by atoms with Crippen LogP contribution in [-0.4, -0.2) is 16.1 Å². The lowest BCUT2D eigenvalue weighted by Gasteiger charge is -2.05. The standard InChI is InChI=1S/C15H14N4OS/c16-12-6-8-21-14(12)15(20)17-9-10-1-3-11(4-2-10)13-5-7-18-19-13/h1-8H,9,16H2,(H,17,20)(H,18,19). The van der Waals surface area contributed by atoms with Crippen LogP contribution in [0.25, 0.3) is 11.3 Å². The summed E-state index contributed by atoms with van der Waals surface area (Å²) in [5.41, 5.74) is 9.30. The molecule has 4 N–H and O–H groups in total. The Morgan fingerprint density at radius 3 is 2.67 bits per heavy atom. The number of carbonyl (C=O) groups excluding carboxylic acids is 1. The Morgan fingerprint density at radius 2 is 2.05 bits per heavy atom. The number of carbonyl (C=O) groups is 1. The first-order valence-electron chi connectivity index (χ1n) is 6.44. The zero-order valence-electron chi connectivity index (χ0n) is 11.2. The molecule has 0 aliphatic carbocycles. The smallest absolute Gasteiger partial charge is 0.263 e. The second kappa shape index (κ2) is 5.80. The van der Waals surface area contributed by atoms with E-state index in [1.165, 1.54) is 11.3 Å². The van der Waals surface area contributed by atoms with Gasteiger partial charge in [-0.15, -0.1) is 11.3 Å². The molecule has 1 amide bonds. The van der Waals surface area contributed by atoms with Crippen LogP contribution in [0, 0.1) is 0 Å². The van der Waals surface area contributed by atoms with Gasteiger partial charge in [-0.05, 0) is 28.6 Å². The van der Waals surface area contributed by atoms with Crippen molar-refractivity contribution in [2.75, 3.05) is 5.73 Å². The summed E-state index contributed by atoms with van der Waals surface area (Å²) in [7, 11) is 0. The molecule has 0 saturated heterocycles. The fourth-order valence-corrected chi connectivity index (χ4v) is 2.72. The van der Waals surface area contributed by atoms with E-state index in [-0.39, 0.29) is 5.91 Å². The van der Waals surface area contributed by atoms with Crippen molar-refractivity contribution in [3.05, 3.63) is 58.4 Å². The molecule has 0 spiro atoms. The summed E-state index contributed by atoms with van der Waals surface area (Å²) in [4.78, 5) is 12.5. The van der Waals surface area contributed by atoms with Gasteiger partial charge in [-0.2, -0.15) is 5.10 Å². The zero-order chi connectivity index (χ0) is 14.7. The van der Waals surface area contributed by atoms with Crippen molar-refractivity contribution < 1.29 is 4.79 Å². The van der Waals surface area contributed by atoms with Gasteiger partial charge in [-0.1, -0.05) is 24.3 Å². The van der Waals surface area contributed by atoms with Gasteiger partial charge in [0.15, 0.2) is 0 Å². The number of nitrogens with two attached hydrogens (primary N) is 1. The van der Waals surface area contributed by atoms with Crippen molar-refractivity contribution in [3.8, 4) is 11.3 Å². The number of hydrogen-bond donors (Lipinski definition) is 3. The van der Waals surface area contributed by atoms with E-state index in [4.69, 9.17) is 5.73 Å². The maximum Gasteiger partial charge on any atom is 0.263 e. The summed E-state index contributed by atoms with van der Waals surface area (Å²) in [6, 6.07) is 11.6. The Morgan fingerprint density at radius 1 is 1.24 bits per heavy atom. The minimum atomic E-state index is -0.139. The van der Waals surface area contributed by atoms with Crippen LogP contribution in [0.3, 0.4) is 0 Å². The predicted octanol–water partition coefficient (Wildman–Crippen LogP) is 2.65. The van der Waals surface area contributed by atoms with Gasteiger partial charge < -0.3 is 11.1 Å². The van der Waals surface area contributed by atoms with Crippen molar-refractivity contribution in [2.24, 2.45) is 0 Å². The van der Waals surface area contributed by atoms with Crippen molar-refractivity contribution in [1.82, 2.24) is 15.5 Å². The van der Waals surface area contributed by atoms with Gasteiger partial charge in [-0.3, -0.25) is 9.89 Å². The van der Waals surface area contributed by atoms with E-state index in [0.29, 0.717) is 17.1 Å². The van der Waals surface area contributed by atoms with E-state index < -0.39 is 0 Å². The van der Waals surface area contributed by atoms with E-state index in [9.17, 15) is 4.79 Å². The van der Waals surface area contributed by atoms with E-state index >= 15 is 0 Å². The van der Waals surface area contributed by atoms with E-state index in [2.05, 4.69) is 15.5 Å². The van der Waals surface area contributed by atoms with Crippen LogP contribution in [-0.2, 0) is 6.54 Å². The van der Waals surface area contributed by atoms with E-state index in [0.717, 1.165) is 16.8 Å². The minimum Gasteiger partial charge on any atom is -0.397 e. The molecule has 0 aliphatic rings. The van der Waals surface area contributed by atoms with Crippen molar-refractivity contribution in [2.45, 2.75) is 6.54 Å². The fourth-order valence-electron chi connectivity index (χ4n) is 1.99. The van der Waals surface area contributed by atoms with Crippen molar-refractivity contribution >= 4 is 22.9 Å². The first kappa shape index (κ1) is 13.4. The third-order valence-corrected chi connectivity index (χ3v) is 4.05. The number of benzene rings is 1. The summed E-state index contributed by atoms with van der Waals surface area (Å²) in [5.74, 6) is -0.139. The Bertz CT molecular complexity index is 731. The highest BCUT2D eigenvalue weighted by Crippen LogP contribution is 2.19. The summed E-state index contributed by atoms with van der Waals surface area (Å²) in [6.07, 6.45) is 1.72. The van der Waals surface area contributed by atoms with Gasteiger partial charge in [0.2, 0.25) is 0 Å². The lowest BCUT2D eigenvalue weighted by atomic mass is 10.1. The topological polar surface area (TPSA) is 83.8 Å². The van der Waals surface area contributed by atoms with Crippen LogP contribution in [0.5, 0.6) is 0 Å². The SMILES string of the molecule is Nc1ccsc1C(=O)NCc1ccc(-c2ccn[nH]2)cc1. The molecule has 0 unspecified atom stereocenters. The summed E-state index contributed by atoms with van der Waals surface area (Å²) in [6.45, 7) is 0.472. The number of nitrogen functional groups attached to an aromatic ring is 1. The molecule has 106 valence electrons. The molecular weight excluding hydrogens is 284 g/mol. The number of amides is 1. The third-order valence-electron chi connectivity index (χ3n) is 3.12. The zero-order valence-corrected chi connectivity index (χ0v) is 12.0. The maximum atomic E-state index is 12.0. The van der Waals surface area contributed by atoms with Crippen LogP contribution in [0.2, 0.25) is 0 Å². The highest BCUT2D eigenvalue weighted by Gasteiger charge is 2.10. The molecule has 3 rings (SSSR count). The Kier molecular flexibility index (Phi) is 3.70. The first-order valence-corrected chi connectivity index (χ1v) is 7.32. The Labute approximate surface area is 125 Å². The molecule has 0 fully saturated rings.